The lowest BCUT2D eigenvalue weighted by molar-refractivity contribution is 0.0748. The second-order valence-electron chi connectivity index (χ2n) is 6.38. The molecule has 24 heavy (non-hydrogen) atoms. The average Bonchev–Trinajstić information content (AvgIpc) is 2.62. The minimum absolute atomic E-state index is 0.0230. The third-order valence-corrected chi connectivity index (χ3v) is 4.30. The quantitative estimate of drug-likeness (QED) is 0.694. The third kappa shape index (κ3) is 5.62. The molecule has 1 aromatic heterocycles. The van der Waals surface area contributed by atoms with E-state index in [0.29, 0.717) is 5.69 Å². The van der Waals surface area contributed by atoms with Gasteiger partial charge in [-0.1, -0.05) is 25.5 Å². The highest BCUT2D eigenvalue weighted by atomic mass is 16.2. The van der Waals surface area contributed by atoms with Crippen LogP contribution in [-0.4, -0.2) is 40.6 Å². The van der Waals surface area contributed by atoms with Gasteiger partial charge >= 0.3 is 0 Å². The van der Waals surface area contributed by atoms with Crippen molar-refractivity contribution in [1.29, 1.82) is 0 Å². The Morgan fingerprint density at radius 2 is 1.96 bits per heavy atom. The van der Waals surface area contributed by atoms with Gasteiger partial charge in [0.25, 0.3) is 5.91 Å². The van der Waals surface area contributed by atoms with Crippen LogP contribution in [-0.2, 0) is 0 Å². The normalized spacial score (nSPS) is 14.2. The lowest BCUT2D eigenvalue weighted by Gasteiger charge is -2.20. The predicted octanol–water partition coefficient (Wildman–Crippen LogP) is 4.04. The van der Waals surface area contributed by atoms with Gasteiger partial charge in [-0.15, -0.1) is 10.2 Å². The highest BCUT2D eigenvalue weighted by Crippen LogP contribution is 2.19. The van der Waals surface area contributed by atoms with Gasteiger partial charge in [0, 0.05) is 19.6 Å². The maximum atomic E-state index is 12.5. The molecule has 0 atom stereocenters. The van der Waals surface area contributed by atoms with Gasteiger partial charge in [0.1, 0.15) is 5.82 Å². The van der Waals surface area contributed by atoms with E-state index < -0.39 is 0 Å². The summed E-state index contributed by atoms with van der Waals surface area (Å²) in [6.45, 7) is 6.56. The number of allylic oxidation sites excluding steroid dienone is 1. The number of aromatic nitrogens is 2. The van der Waals surface area contributed by atoms with Crippen molar-refractivity contribution in [2.24, 2.45) is 0 Å². The Morgan fingerprint density at radius 3 is 2.54 bits per heavy atom. The SMILES string of the molecule is CCCN(CCC)C(=O)c1ccc(NCCC2=CCCCC2)nn1. The zero-order chi connectivity index (χ0) is 17.2. The van der Waals surface area contributed by atoms with E-state index in [2.05, 4.69) is 35.4 Å². The summed E-state index contributed by atoms with van der Waals surface area (Å²) in [6, 6.07) is 3.63. The van der Waals surface area contributed by atoms with Crippen molar-refractivity contribution in [3.8, 4) is 0 Å². The van der Waals surface area contributed by atoms with E-state index in [1.54, 1.807) is 11.6 Å². The molecule has 0 fully saturated rings. The molecule has 5 heteroatoms. The van der Waals surface area contributed by atoms with Crippen molar-refractivity contribution in [1.82, 2.24) is 15.1 Å². The van der Waals surface area contributed by atoms with Gasteiger partial charge in [-0.25, -0.2) is 0 Å². The molecule has 1 aliphatic carbocycles. The fourth-order valence-corrected chi connectivity index (χ4v) is 3.04. The fraction of sp³-hybridized carbons (Fsp3) is 0.632. The van der Waals surface area contributed by atoms with Crippen LogP contribution in [0, 0.1) is 0 Å². The molecule has 0 aliphatic heterocycles. The molecule has 0 bridgehead atoms. The van der Waals surface area contributed by atoms with Gasteiger partial charge in [0.15, 0.2) is 5.69 Å². The number of carbonyl (C=O) groups excluding carboxylic acids is 1. The second kappa shape index (κ2) is 10.1. The minimum Gasteiger partial charge on any atom is -0.368 e. The molecule has 0 aromatic carbocycles. The summed E-state index contributed by atoms with van der Waals surface area (Å²) in [5.74, 6) is 0.714. The van der Waals surface area contributed by atoms with Crippen molar-refractivity contribution in [2.75, 3.05) is 25.0 Å². The predicted molar refractivity (Wildman–Crippen MR) is 98.2 cm³/mol. The van der Waals surface area contributed by atoms with Crippen molar-refractivity contribution >= 4 is 11.7 Å². The van der Waals surface area contributed by atoms with Crippen molar-refractivity contribution in [3.05, 3.63) is 29.5 Å². The Hall–Kier alpha value is -1.91. The molecule has 1 aromatic rings. The van der Waals surface area contributed by atoms with E-state index in [1.165, 1.54) is 25.7 Å². The van der Waals surface area contributed by atoms with Gasteiger partial charge in [-0.05, 0) is 57.1 Å². The summed E-state index contributed by atoms with van der Waals surface area (Å²) in [7, 11) is 0. The monoisotopic (exact) mass is 330 g/mol. The molecule has 0 unspecified atom stereocenters. The van der Waals surface area contributed by atoms with E-state index in [9.17, 15) is 4.79 Å². The summed E-state index contributed by atoms with van der Waals surface area (Å²) in [5, 5.41) is 11.6. The topological polar surface area (TPSA) is 58.1 Å². The first kappa shape index (κ1) is 18.4. The van der Waals surface area contributed by atoms with Gasteiger partial charge in [-0.3, -0.25) is 4.79 Å². The number of rotatable bonds is 9. The molecule has 1 amide bonds. The number of nitrogens with one attached hydrogen (secondary N) is 1. The largest absolute Gasteiger partial charge is 0.368 e. The van der Waals surface area contributed by atoms with E-state index in [-0.39, 0.29) is 5.91 Å². The lowest BCUT2D eigenvalue weighted by Crippen LogP contribution is -2.33. The van der Waals surface area contributed by atoms with Crippen molar-refractivity contribution in [2.45, 2.75) is 58.8 Å². The average molecular weight is 330 g/mol. The summed E-state index contributed by atoms with van der Waals surface area (Å²) in [6.07, 6.45) is 10.4. The molecular formula is C19H30N4O. The van der Waals surface area contributed by atoms with Crippen LogP contribution >= 0.6 is 0 Å². The zero-order valence-corrected chi connectivity index (χ0v) is 15.1. The number of hydrogen-bond acceptors (Lipinski definition) is 4. The molecular weight excluding hydrogens is 300 g/mol. The molecule has 0 radical (unpaired) electrons. The zero-order valence-electron chi connectivity index (χ0n) is 15.1. The maximum absolute atomic E-state index is 12.5. The summed E-state index contributed by atoms with van der Waals surface area (Å²) < 4.78 is 0. The standard InChI is InChI=1S/C19H30N4O/c1-3-14-23(15-4-2)19(24)17-10-11-18(22-21-17)20-13-12-16-8-6-5-7-9-16/h8,10-11H,3-7,9,12-15H2,1-2H3,(H,20,22). The first-order valence-electron chi connectivity index (χ1n) is 9.29. The number of carbonyl (C=O) groups is 1. The van der Waals surface area contributed by atoms with Crippen LogP contribution in [0.3, 0.4) is 0 Å². The van der Waals surface area contributed by atoms with Gasteiger partial charge < -0.3 is 10.2 Å². The second-order valence-corrected chi connectivity index (χ2v) is 6.38. The van der Waals surface area contributed by atoms with Crippen molar-refractivity contribution in [3.63, 3.8) is 0 Å². The Kier molecular flexibility index (Phi) is 7.72. The molecule has 0 spiro atoms. The van der Waals surface area contributed by atoms with Crippen LogP contribution in [0.15, 0.2) is 23.8 Å². The van der Waals surface area contributed by atoms with E-state index in [1.807, 2.05) is 11.0 Å². The third-order valence-electron chi connectivity index (χ3n) is 4.30. The molecule has 1 heterocycles. The van der Waals surface area contributed by atoms with Crippen LogP contribution in [0.1, 0.15) is 69.3 Å². The van der Waals surface area contributed by atoms with Crippen LogP contribution in [0.4, 0.5) is 5.82 Å². The number of nitrogens with zero attached hydrogens (tertiary/aromatic N) is 3. The first-order chi connectivity index (χ1) is 11.7. The Morgan fingerprint density at radius 1 is 1.17 bits per heavy atom. The molecule has 1 aliphatic rings. The smallest absolute Gasteiger partial charge is 0.274 e. The first-order valence-corrected chi connectivity index (χ1v) is 9.29. The van der Waals surface area contributed by atoms with Crippen molar-refractivity contribution < 1.29 is 4.79 Å². The van der Waals surface area contributed by atoms with Crippen LogP contribution < -0.4 is 5.32 Å². The molecule has 1 N–H and O–H groups in total. The summed E-state index contributed by atoms with van der Waals surface area (Å²) in [5.41, 5.74) is 1.97. The Labute approximate surface area is 145 Å². The van der Waals surface area contributed by atoms with E-state index in [0.717, 1.165) is 44.7 Å². The van der Waals surface area contributed by atoms with Gasteiger partial charge in [0.05, 0.1) is 0 Å². The highest BCUT2D eigenvalue weighted by molar-refractivity contribution is 5.92. The van der Waals surface area contributed by atoms with Crippen LogP contribution in [0.5, 0.6) is 0 Å². The Bertz CT molecular complexity index is 533. The number of anilines is 1. The number of hydrogen-bond donors (Lipinski definition) is 1. The highest BCUT2D eigenvalue weighted by Gasteiger charge is 2.16. The van der Waals surface area contributed by atoms with Gasteiger partial charge in [-0.2, -0.15) is 0 Å². The van der Waals surface area contributed by atoms with Crippen LogP contribution in [0.2, 0.25) is 0 Å². The summed E-state index contributed by atoms with van der Waals surface area (Å²) in [4.78, 5) is 14.3. The van der Waals surface area contributed by atoms with E-state index in [4.69, 9.17) is 0 Å². The number of amides is 1. The molecule has 5 nitrogen and oxygen atoms in total. The molecule has 0 saturated heterocycles. The molecule has 132 valence electrons. The molecule has 2 rings (SSSR count). The lowest BCUT2D eigenvalue weighted by atomic mass is 9.97. The van der Waals surface area contributed by atoms with Gasteiger partial charge in [0.2, 0.25) is 0 Å². The fourth-order valence-electron chi connectivity index (χ4n) is 3.04. The summed E-state index contributed by atoms with van der Waals surface area (Å²) >= 11 is 0. The maximum Gasteiger partial charge on any atom is 0.274 e. The van der Waals surface area contributed by atoms with Crippen LogP contribution in [0.25, 0.3) is 0 Å². The molecule has 0 saturated carbocycles. The Balaban J connectivity index is 1.85. The minimum atomic E-state index is -0.0230. The van der Waals surface area contributed by atoms with E-state index >= 15 is 0 Å².